The van der Waals surface area contributed by atoms with Crippen LogP contribution >= 0.6 is 35.8 Å². The van der Waals surface area contributed by atoms with Crippen molar-refractivity contribution in [2.45, 2.75) is 23.8 Å². The predicted molar refractivity (Wildman–Crippen MR) is 83.1 cm³/mol. The zero-order valence-corrected chi connectivity index (χ0v) is 12.9. The molecular formula is C13H18Cl2N2OS. The standard InChI is InChI=1S/C13H17ClN2OS.ClH/c14-10-3-5-11(6-4-10)18-8-13(17)16-12(7-15)9-1-2-9;/h3-6,9,12H,1-2,7-8,15H2,(H,16,17);1H. The van der Waals surface area contributed by atoms with Crippen LogP contribution in [-0.2, 0) is 4.79 Å². The fourth-order valence-electron chi connectivity index (χ4n) is 1.80. The molecule has 3 N–H and O–H groups in total. The summed E-state index contributed by atoms with van der Waals surface area (Å²) in [5.74, 6) is 1.07. The Labute approximate surface area is 129 Å². The summed E-state index contributed by atoms with van der Waals surface area (Å²) in [5.41, 5.74) is 5.65. The molecule has 19 heavy (non-hydrogen) atoms. The van der Waals surface area contributed by atoms with Crippen LogP contribution < -0.4 is 11.1 Å². The van der Waals surface area contributed by atoms with Crippen LogP contribution in [0.1, 0.15) is 12.8 Å². The van der Waals surface area contributed by atoms with Crippen molar-refractivity contribution in [1.82, 2.24) is 5.32 Å². The number of amides is 1. The molecule has 0 aliphatic heterocycles. The molecular weight excluding hydrogens is 303 g/mol. The molecule has 1 aromatic rings. The van der Waals surface area contributed by atoms with Crippen LogP contribution in [0, 0.1) is 5.92 Å². The second-order valence-corrected chi connectivity index (χ2v) is 5.97. The van der Waals surface area contributed by atoms with Gasteiger partial charge in [-0.2, -0.15) is 0 Å². The summed E-state index contributed by atoms with van der Waals surface area (Å²) in [5, 5.41) is 3.71. The molecule has 0 bridgehead atoms. The Kier molecular flexibility index (Phi) is 7.00. The van der Waals surface area contributed by atoms with Gasteiger partial charge in [0.25, 0.3) is 0 Å². The SMILES string of the molecule is Cl.NCC(NC(=O)CSc1ccc(Cl)cc1)C1CC1. The maximum absolute atomic E-state index is 11.8. The average molecular weight is 321 g/mol. The maximum Gasteiger partial charge on any atom is 0.230 e. The number of hydrogen-bond acceptors (Lipinski definition) is 3. The Morgan fingerprint density at radius 3 is 2.58 bits per heavy atom. The number of nitrogens with two attached hydrogens (primary N) is 1. The molecule has 1 unspecified atom stereocenters. The molecule has 1 atom stereocenters. The third-order valence-corrected chi connectivity index (χ3v) is 4.24. The molecule has 0 heterocycles. The molecule has 0 saturated heterocycles. The van der Waals surface area contributed by atoms with Gasteiger partial charge in [0.2, 0.25) is 5.91 Å². The topological polar surface area (TPSA) is 55.1 Å². The van der Waals surface area contributed by atoms with Gasteiger partial charge in [-0.15, -0.1) is 24.2 Å². The highest BCUT2D eigenvalue weighted by atomic mass is 35.5. The van der Waals surface area contributed by atoms with Crippen molar-refractivity contribution < 1.29 is 4.79 Å². The van der Waals surface area contributed by atoms with Crippen molar-refractivity contribution in [2.75, 3.05) is 12.3 Å². The third kappa shape index (κ3) is 5.61. The van der Waals surface area contributed by atoms with Crippen molar-refractivity contribution in [3.63, 3.8) is 0 Å². The van der Waals surface area contributed by atoms with Crippen molar-refractivity contribution in [3.05, 3.63) is 29.3 Å². The highest BCUT2D eigenvalue weighted by molar-refractivity contribution is 8.00. The van der Waals surface area contributed by atoms with Crippen molar-refractivity contribution in [2.24, 2.45) is 11.7 Å². The van der Waals surface area contributed by atoms with Gasteiger partial charge in [0.05, 0.1) is 5.75 Å². The van der Waals surface area contributed by atoms with E-state index in [1.165, 1.54) is 24.6 Å². The lowest BCUT2D eigenvalue weighted by atomic mass is 10.2. The van der Waals surface area contributed by atoms with Crippen LogP contribution in [0.3, 0.4) is 0 Å². The predicted octanol–water partition coefficient (Wildman–Crippen LogP) is 2.71. The smallest absolute Gasteiger partial charge is 0.230 e. The van der Waals surface area contributed by atoms with Gasteiger partial charge in [0, 0.05) is 22.5 Å². The molecule has 1 aliphatic carbocycles. The van der Waals surface area contributed by atoms with Crippen LogP contribution in [0.15, 0.2) is 29.2 Å². The molecule has 2 rings (SSSR count). The maximum atomic E-state index is 11.8. The normalized spacial score (nSPS) is 15.5. The van der Waals surface area contributed by atoms with E-state index in [9.17, 15) is 4.79 Å². The summed E-state index contributed by atoms with van der Waals surface area (Å²) in [6.45, 7) is 0.530. The summed E-state index contributed by atoms with van der Waals surface area (Å²) in [7, 11) is 0. The molecule has 1 aromatic carbocycles. The van der Waals surface area contributed by atoms with Crippen LogP contribution in [0.2, 0.25) is 5.02 Å². The number of hydrogen-bond donors (Lipinski definition) is 2. The van der Waals surface area contributed by atoms with E-state index >= 15 is 0 Å². The average Bonchev–Trinajstić information content (AvgIpc) is 3.19. The molecule has 1 saturated carbocycles. The van der Waals surface area contributed by atoms with E-state index in [4.69, 9.17) is 17.3 Å². The minimum Gasteiger partial charge on any atom is -0.351 e. The van der Waals surface area contributed by atoms with E-state index in [1.807, 2.05) is 24.3 Å². The van der Waals surface area contributed by atoms with Gasteiger partial charge in [-0.25, -0.2) is 0 Å². The number of rotatable bonds is 6. The number of carbonyl (C=O) groups is 1. The van der Waals surface area contributed by atoms with E-state index in [0.717, 1.165) is 4.90 Å². The first-order valence-electron chi connectivity index (χ1n) is 6.07. The van der Waals surface area contributed by atoms with Crippen molar-refractivity contribution >= 4 is 41.7 Å². The second kappa shape index (κ2) is 8.00. The Hall–Kier alpha value is -0.420. The lowest BCUT2D eigenvalue weighted by molar-refractivity contribution is -0.119. The summed E-state index contributed by atoms with van der Waals surface area (Å²) < 4.78 is 0. The lowest BCUT2D eigenvalue weighted by Crippen LogP contribution is -2.42. The number of nitrogens with one attached hydrogen (secondary N) is 1. The van der Waals surface area contributed by atoms with Gasteiger partial charge in [0.1, 0.15) is 0 Å². The quantitative estimate of drug-likeness (QED) is 0.792. The molecule has 0 radical (unpaired) electrons. The first-order valence-corrected chi connectivity index (χ1v) is 7.43. The largest absolute Gasteiger partial charge is 0.351 e. The van der Waals surface area contributed by atoms with Crippen LogP contribution in [0.5, 0.6) is 0 Å². The first kappa shape index (κ1) is 16.6. The van der Waals surface area contributed by atoms with Gasteiger partial charge in [-0.05, 0) is 43.0 Å². The Morgan fingerprint density at radius 1 is 1.42 bits per heavy atom. The lowest BCUT2D eigenvalue weighted by Gasteiger charge is -2.15. The van der Waals surface area contributed by atoms with Gasteiger partial charge < -0.3 is 11.1 Å². The fourth-order valence-corrected chi connectivity index (χ4v) is 2.63. The van der Waals surface area contributed by atoms with E-state index in [2.05, 4.69) is 5.32 Å². The molecule has 1 aliphatic rings. The summed E-state index contributed by atoms with van der Waals surface area (Å²) in [6.07, 6.45) is 2.37. The minimum atomic E-state index is 0. The molecule has 1 amide bonds. The number of benzene rings is 1. The molecule has 6 heteroatoms. The van der Waals surface area contributed by atoms with Crippen LogP contribution in [0.4, 0.5) is 0 Å². The van der Waals surface area contributed by atoms with E-state index in [-0.39, 0.29) is 24.4 Å². The fraction of sp³-hybridized carbons (Fsp3) is 0.462. The van der Waals surface area contributed by atoms with Crippen molar-refractivity contribution in [1.29, 1.82) is 0 Å². The van der Waals surface area contributed by atoms with Gasteiger partial charge >= 0.3 is 0 Å². The van der Waals surface area contributed by atoms with Crippen molar-refractivity contribution in [3.8, 4) is 0 Å². The van der Waals surface area contributed by atoms with Gasteiger partial charge in [-0.1, -0.05) is 11.6 Å². The minimum absolute atomic E-state index is 0. The molecule has 3 nitrogen and oxygen atoms in total. The number of halogens is 2. The second-order valence-electron chi connectivity index (χ2n) is 4.49. The van der Waals surface area contributed by atoms with E-state index in [0.29, 0.717) is 23.2 Å². The molecule has 0 spiro atoms. The highest BCUT2D eigenvalue weighted by Gasteiger charge is 2.31. The molecule has 106 valence electrons. The Bertz CT molecular complexity index is 410. The molecule has 0 aromatic heterocycles. The number of thioether (sulfide) groups is 1. The number of carbonyl (C=O) groups excluding carboxylic acids is 1. The zero-order valence-electron chi connectivity index (χ0n) is 10.5. The summed E-state index contributed by atoms with van der Waals surface area (Å²) in [6, 6.07) is 7.65. The Balaban J connectivity index is 0.00000180. The van der Waals surface area contributed by atoms with Gasteiger partial charge in [-0.3, -0.25) is 4.79 Å². The Morgan fingerprint density at radius 2 is 2.05 bits per heavy atom. The highest BCUT2D eigenvalue weighted by Crippen LogP contribution is 2.32. The van der Waals surface area contributed by atoms with Crippen LogP contribution in [0.25, 0.3) is 0 Å². The molecule has 1 fully saturated rings. The monoisotopic (exact) mass is 320 g/mol. The van der Waals surface area contributed by atoms with E-state index in [1.54, 1.807) is 0 Å². The van der Waals surface area contributed by atoms with Gasteiger partial charge in [0.15, 0.2) is 0 Å². The first-order chi connectivity index (χ1) is 8.69. The third-order valence-electron chi connectivity index (χ3n) is 2.97. The summed E-state index contributed by atoms with van der Waals surface area (Å²) >= 11 is 7.31. The zero-order chi connectivity index (χ0) is 13.0. The van der Waals surface area contributed by atoms with E-state index < -0.39 is 0 Å². The van der Waals surface area contributed by atoms with Crippen LogP contribution in [-0.4, -0.2) is 24.2 Å². The summed E-state index contributed by atoms with van der Waals surface area (Å²) in [4.78, 5) is 12.8.